The number of hydrogen-bond acceptors (Lipinski definition) is 2. The zero-order chi connectivity index (χ0) is 22.0. The van der Waals surface area contributed by atoms with Gasteiger partial charge in [-0.2, -0.15) is 17.1 Å². The van der Waals surface area contributed by atoms with E-state index in [2.05, 4.69) is 0 Å². The van der Waals surface area contributed by atoms with Crippen LogP contribution in [0.1, 0.15) is 0 Å². The van der Waals surface area contributed by atoms with Crippen molar-refractivity contribution in [2.45, 2.75) is 16.0 Å². The van der Waals surface area contributed by atoms with E-state index in [-0.39, 0.29) is 23.8 Å². The second-order valence-corrected chi connectivity index (χ2v) is 5.69. The molecule has 2 aromatic rings. The van der Waals surface area contributed by atoms with Gasteiger partial charge in [0.25, 0.3) is 0 Å². The fourth-order valence-electron chi connectivity index (χ4n) is 1.08. The zero-order valence-electron chi connectivity index (χ0n) is 13.8. The highest BCUT2D eigenvalue weighted by Gasteiger charge is 2.26. The Hall–Kier alpha value is -1.56. The highest BCUT2D eigenvalue weighted by Crippen LogP contribution is 2.18. The van der Waals surface area contributed by atoms with Crippen molar-refractivity contribution in [1.29, 1.82) is 0 Å². The molecule has 2 aromatic carbocycles. The fourth-order valence-corrected chi connectivity index (χ4v) is 1.77. The zero-order valence-corrected chi connectivity index (χ0v) is 15.5. The Bertz CT molecular complexity index is 588. The molecule has 0 saturated carbocycles. The van der Waals surface area contributed by atoms with Crippen molar-refractivity contribution in [3.05, 3.63) is 60.2 Å². The van der Waals surface area contributed by atoms with Crippen LogP contribution in [0, 0.1) is 11.6 Å². The van der Waals surface area contributed by atoms with Crippen LogP contribution >= 0.6 is 23.9 Å². The normalized spacial score (nSPS) is 9.79. The summed E-state index contributed by atoms with van der Waals surface area (Å²) in [5, 5.41) is 0. The summed E-state index contributed by atoms with van der Waals surface area (Å²) >= 11 is 1.16. The first kappa shape index (κ1) is 28.6. The summed E-state index contributed by atoms with van der Waals surface area (Å²) in [7, 11) is 0. The van der Waals surface area contributed by atoms with Crippen LogP contribution in [-0.4, -0.2) is 25.8 Å². The second-order valence-electron chi connectivity index (χ2n) is 4.09. The van der Waals surface area contributed by atoms with Gasteiger partial charge in [0, 0.05) is 9.79 Å². The molecule has 0 aromatic heterocycles. The van der Waals surface area contributed by atoms with E-state index in [0.29, 0.717) is 4.90 Å². The molecule has 0 spiro atoms. The number of alkyl halides is 7. The fraction of sp³-hybridized carbons (Fsp3) is 0.250. The third-order valence-electron chi connectivity index (χ3n) is 2.09. The van der Waals surface area contributed by atoms with Crippen LogP contribution in [0.15, 0.2) is 58.3 Å². The maximum absolute atomic E-state index is 12.2. The molecule has 0 unspecified atom stereocenters. The smallest absolute Gasteiger partial charge is 0.241 e. The summed E-state index contributed by atoms with van der Waals surface area (Å²) in [5.41, 5.74) is 0. The Morgan fingerprint density at radius 1 is 0.679 bits per heavy atom. The van der Waals surface area contributed by atoms with Crippen molar-refractivity contribution in [2.24, 2.45) is 0 Å². The predicted octanol–water partition coefficient (Wildman–Crippen LogP) is 8.05. The summed E-state index contributed by atoms with van der Waals surface area (Å²) in [6, 6.07) is 10.5. The van der Waals surface area contributed by atoms with Crippen molar-refractivity contribution in [1.82, 2.24) is 0 Å². The van der Waals surface area contributed by atoms with Gasteiger partial charge in [-0.3, -0.25) is 0 Å². The minimum atomic E-state index is -4.62. The number of thioether (sulfide) groups is 1. The standard InChI is InChI=1S/C7H6F2S.C6H4F2S.C2H2F4.CH2F2/c8-5-10-7-3-1-6(9)2-4-7;7-5-1-3-6(9-8)4-2-5;3-1-2(4,5)6;2-1-3/h1-4H,5H2;1-4H;1H2;1H2. The average molecular weight is 460 g/mol. The predicted molar refractivity (Wildman–Crippen MR) is 90.7 cm³/mol. The number of benzene rings is 2. The first-order chi connectivity index (χ1) is 13.1. The molecule has 0 fully saturated rings. The molecule has 0 aliphatic carbocycles. The first-order valence-electron chi connectivity index (χ1n) is 6.86. The topological polar surface area (TPSA) is 0 Å². The Labute approximate surface area is 163 Å². The summed E-state index contributed by atoms with van der Waals surface area (Å²) in [4.78, 5) is 1.18. The Morgan fingerprint density at radius 2 is 1.00 bits per heavy atom. The molecule has 0 radical (unpaired) electrons. The van der Waals surface area contributed by atoms with Crippen molar-refractivity contribution in [2.75, 3.05) is 19.6 Å². The lowest BCUT2D eigenvalue weighted by molar-refractivity contribution is -0.142. The molecule has 0 aliphatic heterocycles. The minimum absolute atomic E-state index is 0.111. The van der Waals surface area contributed by atoms with Crippen molar-refractivity contribution < 1.29 is 43.4 Å². The van der Waals surface area contributed by atoms with E-state index < -0.39 is 25.8 Å². The van der Waals surface area contributed by atoms with Gasteiger partial charge in [-0.15, -0.1) is 0 Å². The number of rotatable bonds is 3. The van der Waals surface area contributed by atoms with E-state index in [0.717, 1.165) is 16.7 Å². The molecule has 0 N–H and O–H groups in total. The van der Waals surface area contributed by atoms with Gasteiger partial charge >= 0.3 is 6.18 Å². The lowest BCUT2D eigenvalue weighted by Crippen LogP contribution is -2.08. The van der Waals surface area contributed by atoms with Crippen LogP contribution in [0.2, 0.25) is 0 Å². The van der Waals surface area contributed by atoms with Crippen LogP contribution in [0.25, 0.3) is 0 Å². The quantitative estimate of drug-likeness (QED) is 0.336. The molecular weight excluding hydrogens is 446 g/mol. The summed E-state index contributed by atoms with van der Waals surface area (Å²) in [6.07, 6.45) is -4.62. The van der Waals surface area contributed by atoms with Crippen molar-refractivity contribution in [3.8, 4) is 0 Å². The molecule has 0 atom stereocenters. The average Bonchev–Trinajstić information content (AvgIpc) is 2.66. The van der Waals surface area contributed by atoms with E-state index in [1.807, 2.05) is 0 Å². The maximum atomic E-state index is 12.2. The monoisotopic (exact) mass is 460 g/mol. The molecule has 12 heteroatoms. The van der Waals surface area contributed by atoms with Crippen molar-refractivity contribution in [3.63, 3.8) is 0 Å². The minimum Gasteiger partial charge on any atom is -0.241 e. The lowest BCUT2D eigenvalue weighted by Gasteiger charge is -1.93. The molecule has 2 rings (SSSR count). The highest BCUT2D eigenvalue weighted by molar-refractivity contribution is 7.99. The van der Waals surface area contributed by atoms with Gasteiger partial charge in [0.05, 0.1) is 12.1 Å². The largest absolute Gasteiger partial charge is 0.416 e. The molecule has 0 saturated heterocycles. The van der Waals surface area contributed by atoms with E-state index in [9.17, 15) is 43.4 Å². The number of halogens is 10. The molecule has 28 heavy (non-hydrogen) atoms. The van der Waals surface area contributed by atoms with Gasteiger partial charge in [-0.05, 0) is 48.5 Å². The molecule has 0 nitrogen and oxygen atoms in total. The third kappa shape index (κ3) is 19.2. The van der Waals surface area contributed by atoms with Crippen LogP contribution in [0.3, 0.4) is 0 Å². The van der Waals surface area contributed by atoms with Crippen LogP contribution in [0.4, 0.5) is 43.4 Å². The third-order valence-corrected chi connectivity index (χ3v) is 3.25. The Morgan fingerprint density at radius 3 is 1.25 bits per heavy atom. The number of hydrogen-bond donors (Lipinski definition) is 0. The maximum Gasteiger partial charge on any atom is 0.416 e. The Kier molecular flexibility index (Phi) is 17.9. The molecule has 0 bridgehead atoms. The summed E-state index contributed by atoms with van der Waals surface area (Å²) in [5.74, 6) is -0.629. The van der Waals surface area contributed by atoms with Gasteiger partial charge in [-0.25, -0.2) is 26.3 Å². The van der Waals surface area contributed by atoms with Crippen LogP contribution < -0.4 is 0 Å². The molecule has 0 amide bonds. The molecule has 0 aliphatic rings. The van der Waals surface area contributed by atoms with Gasteiger partial charge in [0.2, 0.25) is 6.93 Å². The van der Waals surface area contributed by atoms with E-state index in [4.69, 9.17) is 0 Å². The van der Waals surface area contributed by atoms with Crippen LogP contribution in [-0.2, 0) is 0 Å². The molecular formula is C16H14F10S2. The van der Waals surface area contributed by atoms with Gasteiger partial charge < -0.3 is 0 Å². The summed E-state index contributed by atoms with van der Waals surface area (Å²) < 4.78 is 108. The highest BCUT2D eigenvalue weighted by atomic mass is 32.2. The molecule has 0 heterocycles. The van der Waals surface area contributed by atoms with Crippen LogP contribution in [0.5, 0.6) is 0 Å². The second kappa shape index (κ2) is 17.5. The SMILES string of the molecule is FCC(F)(F)F.FCF.FCSc1ccc(F)cc1.FSc1ccc(F)cc1. The van der Waals surface area contributed by atoms with Gasteiger partial charge in [0.15, 0.2) is 6.67 Å². The van der Waals surface area contributed by atoms with E-state index in [1.165, 1.54) is 36.4 Å². The van der Waals surface area contributed by atoms with E-state index >= 15 is 0 Å². The van der Waals surface area contributed by atoms with Gasteiger partial charge in [-0.1, -0.05) is 11.8 Å². The lowest BCUT2D eigenvalue weighted by atomic mass is 10.4. The van der Waals surface area contributed by atoms with E-state index in [1.54, 1.807) is 12.1 Å². The van der Waals surface area contributed by atoms with Crippen molar-refractivity contribution >= 4 is 23.9 Å². The first-order valence-corrected chi connectivity index (χ1v) is 8.56. The molecule has 160 valence electrons. The Balaban J connectivity index is 0. The van der Waals surface area contributed by atoms with Gasteiger partial charge in [0.1, 0.15) is 17.6 Å². The summed E-state index contributed by atoms with van der Waals surface area (Å²) in [6.45, 7) is -3.98.